The molecule has 0 atom stereocenters. The minimum atomic E-state index is 0.907. The van der Waals surface area contributed by atoms with E-state index in [4.69, 9.17) is 0 Å². The number of hydrogen-bond acceptors (Lipinski definition) is 4. The topological polar surface area (TPSA) is 28.2 Å². The second-order valence-electron chi connectivity index (χ2n) is 5.78. The zero-order chi connectivity index (χ0) is 16.6. The molecule has 1 heterocycles. The summed E-state index contributed by atoms with van der Waals surface area (Å²) in [6.45, 7) is 5.78. The SMILES string of the molecule is CCNc1ncc(CN(Cc2ccccc2)Cc2ccccc2)s1. The first-order chi connectivity index (χ1) is 11.8. The van der Waals surface area contributed by atoms with Gasteiger partial charge in [-0.2, -0.15) is 0 Å². The molecule has 0 unspecified atom stereocenters. The van der Waals surface area contributed by atoms with Crippen molar-refractivity contribution in [1.82, 2.24) is 9.88 Å². The molecule has 0 spiro atoms. The summed E-state index contributed by atoms with van der Waals surface area (Å²) >= 11 is 1.74. The fourth-order valence-corrected chi connectivity index (χ4v) is 3.61. The van der Waals surface area contributed by atoms with Gasteiger partial charge in [-0.3, -0.25) is 4.90 Å². The van der Waals surface area contributed by atoms with Crippen molar-refractivity contribution in [2.75, 3.05) is 11.9 Å². The highest BCUT2D eigenvalue weighted by atomic mass is 32.1. The molecule has 0 fully saturated rings. The molecule has 4 heteroatoms. The lowest BCUT2D eigenvalue weighted by Gasteiger charge is -2.22. The average molecular weight is 337 g/mol. The van der Waals surface area contributed by atoms with Gasteiger partial charge in [-0.1, -0.05) is 60.7 Å². The van der Waals surface area contributed by atoms with Crippen LogP contribution in [0.15, 0.2) is 66.9 Å². The van der Waals surface area contributed by atoms with Crippen molar-refractivity contribution in [2.24, 2.45) is 0 Å². The quantitative estimate of drug-likeness (QED) is 0.641. The molecule has 0 radical (unpaired) electrons. The van der Waals surface area contributed by atoms with Crippen molar-refractivity contribution < 1.29 is 0 Å². The van der Waals surface area contributed by atoms with Gasteiger partial charge in [0.25, 0.3) is 0 Å². The molecule has 124 valence electrons. The Morgan fingerprint density at radius 3 is 2.00 bits per heavy atom. The molecule has 0 aliphatic rings. The summed E-state index contributed by atoms with van der Waals surface area (Å²) < 4.78 is 0. The number of thiazole rings is 1. The predicted octanol–water partition coefficient (Wildman–Crippen LogP) is 4.78. The first kappa shape index (κ1) is 16.7. The van der Waals surface area contributed by atoms with Crippen LogP contribution in [0.25, 0.3) is 0 Å². The van der Waals surface area contributed by atoms with Crippen LogP contribution in [-0.4, -0.2) is 16.4 Å². The van der Waals surface area contributed by atoms with E-state index in [0.717, 1.165) is 31.3 Å². The Morgan fingerprint density at radius 1 is 0.875 bits per heavy atom. The lowest BCUT2D eigenvalue weighted by Crippen LogP contribution is -2.21. The van der Waals surface area contributed by atoms with Crippen LogP contribution >= 0.6 is 11.3 Å². The van der Waals surface area contributed by atoms with Gasteiger partial charge in [0.2, 0.25) is 0 Å². The molecule has 1 N–H and O–H groups in total. The maximum atomic E-state index is 4.45. The normalized spacial score (nSPS) is 10.9. The number of anilines is 1. The molecule has 0 saturated heterocycles. The Hall–Kier alpha value is -2.17. The zero-order valence-electron chi connectivity index (χ0n) is 14.0. The highest BCUT2D eigenvalue weighted by molar-refractivity contribution is 7.15. The number of rotatable bonds is 8. The third-order valence-electron chi connectivity index (χ3n) is 3.76. The van der Waals surface area contributed by atoms with Gasteiger partial charge in [0, 0.05) is 37.3 Å². The minimum Gasteiger partial charge on any atom is -0.362 e. The second kappa shape index (κ2) is 8.62. The van der Waals surface area contributed by atoms with E-state index in [1.165, 1.54) is 16.0 Å². The Balaban J connectivity index is 1.73. The van der Waals surface area contributed by atoms with E-state index in [2.05, 4.69) is 82.8 Å². The lowest BCUT2D eigenvalue weighted by atomic mass is 10.1. The Bertz CT molecular complexity index is 683. The van der Waals surface area contributed by atoms with Gasteiger partial charge in [-0.25, -0.2) is 4.98 Å². The highest BCUT2D eigenvalue weighted by Crippen LogP contribution is 2.21. The molecule has 1 aromatic heterocycles. The predicted molar refractivity (Wildman–Crippen MR) is 102 cm³/mol. The summed E-state index contributed by atoms with van der Waals surface area (Å²) in [5.41, 5.74) is 2.68. The minimum absolute atomic E-state index is 0.907. The van der Waals surface area contributed by atoms with Gasteiger partial charge >= 0.3 is 0 Å². The molecular weight excluding hydrogens is 314 g/mol. The maximum absolute atomic E-state index is 4.45. The van der Waals surface area contributed by atoms with Crippen molar-refractivity contribution in [3.8, 4) is 0 Å². The van der Waals surface area contributed by atoms with Gasteiger partial charge in [0.05, 0.1) is 0 Å². The van der Waals surface area contributed by atoms with Crippen molar-refractivity contribution in [3.05, 3.63) is 82.9 Å². The van der Waals surface area contributed by atoms with Crippen LogP contribution in [0.4, 0.5) is 5.13 Å². The van der Waals surface area contributed by atoms with Crippen LogP contribution in [0.5, 0.6) is 0 Å². The third-order valence-corrected chi connectivity index (χ3v) is 4.70. The number of hydrogen-bond donors (Lipinski definition) is 1. The summed E-state index contributed by atoms with van der Waals surface area (Å²) in [5, 5.41) is 4.30. The van der Waals surface area contributed by atoms with Gasteiger partial charge < -0.3 is 5.32 Å². The van der Waals surface area contributed by atoms with Crippen molar-refractivity contribution in [1.29, 1.82) is 0 Å². The molecule has 0 saturated carbocycles. The van der Waals surface area contributed by atoms with Crippen LogP contribution in [0.1, 0.15) is 22.9 Å². The Kier molecular flexibility index (Phi) is 5.99. The van der Waals surface area contributed by atoms with E-state index in [9.17, 15) is 0 Å². The van der Waals surface area contributed by atoms with Gasteiger partial charge in [0.1, 0.15) is 0 Å². The molecule has 3 nitrogen and oxygen atoms in total. The molecule has 0 bridgehead atoms. The number of nitrogens with zero attached hydrogens (tertiary/aromatic N) is 2. The average Bonchev–Trinajstić information content (AvgIpc) is 3.04. The van der Waals surface area contributed by atoms with E-state index in [0.29, 0.717) is 0 Å². The summed E-state index contributed by atoms with van der Waals surface area (Å²) in [6.07, 6.45) is 1.99. The van der Waals surface area contributed by atoms with Crippen LogP contribution in [0.2, 0.25) is 0 Å². The van der Waals surface area contributed by atoms with Crippen molar-refractivity contribution >= 4 is 16.5 Å². The van der Waals surface area contributed by atoms with Crippen LogP contribution in [0.3, 0.4) is 0 Å². The van der Waals surface area contributed by atoms with Gasteiger partial charge in [0.15, 0.2) is 5.13 Å². The van der Waals surface area contributed by atoms with Crippen LogP contribution < -0.4 is 5.32 Å². The Morgan fingerprint density at radius 2 is 1.46 bits per heavy atom. The molecule has 0 amide bonds. The highest BCUT2D eigenvalue weighted by Gasteiger charge is 2.10. The van der Waals surface area contributed by atoms with E-state index >= 15 is 0 Å². The largest absolute Gasteiger partial charge is 0.362 e. The summed E-state index contributed by atoms with van der Waals surface area (Å²) in [7, 11) is 0. The summed E-state index contributed by atoms with van der Waals surface area (Å²) in [4.78, 5) is 8.21. The molecule has 2 aromatic carbocycles. The maximum Gasteiger partial charge on any atom is 0.182 e. The second-order valence-corrected chi connectivity index (χ2v) is 6.89. The zero-order valence-corrected chi connectivity index (χ0v) is 14.8. The standard InChI is InChI=1S/C20H23N3S/c1-2-21-20-22-13-19(24-20)16-23(14-17-9-5-3-6-10-17)15-18-11-7-4-8-12-18/h3-13H,2,14-16H2,1H3,(H,21,22). The first-order valence-corrected chi connectivity index (χ1v) is 9.14. The molecule has 0 aliphatic heterocycles. The number of nitrogens with one attached hydrogen (secondary N) is 1. The van der Waals surface area contributed by atoms with Crippen LogP contribution in [0, 0.1) is 0 Å². The third kappa shape index (κ3) is 4.91. The smallest absolute Gasteiger partial charge is 0.182 e. The summed E-state index contributed by atoms with van der Waals surface area (Å²) in [5.74, 6) is 0. The van der Waals surface area contributed by atoms with E-state index in [1.54, 1.807) is 11.3 Å². The van der Waals surface area contributed by atoms with E-state index in [1.807, 2.05) is 6.20 Å². The van der Waals surface area contributed by atoms with Gasteiger partial charge in [-0.05, 0) is 18.1 Å². The van der Waals surface area contributed by atoms with E-state index < -0.39 is 0 Å². The van der Waals surface area contributed by atoms with Crippen molar-refractivity contribution in [3.63, 3.8) is 0 Å². The first-order valence-electron chi connectivity index (χ1n) is 8.32. The molecule has 0 aliphatic carbocycles. The Labute approximate surface area is 148 Å². The van der Waals surface area contributed by atoms with Crippen molar-refractivity contribution in [2.45, 2.75) is 26.6 Å². The number of benzene rings is 2. The molecular formula is C20H23N3S. The molecule has 3 aromatic rings. The number of aromatic nitrogens is 1. The fraction of sp³-hybridized carbons (Fsp3) is 0.250. The summed E-state index contributed by atoms with van der Waals surface area (Å²) in [6, 6.07) is 21.3. The van der Waals surface area contributed by atoms with E-state index in [-0.39, 0.29) is 0 Å². The molecule has 3 rings (SSSR count). The molecule has 24 heavy (non-hydrogen) atoms. The fourth-order valence-electron chi connectivity index (χ4n) is 2.68. The van der Waals surface area contributed by atoms with Crippen LogP contribution in [-0.2, 0) is 19.6 Å². The lowest BCUT2D eigenvalue weighted by molar-refractivity contribution is 0.250. The monoisotopic (exact) mass is 337 g/mol. The van der Waals surface area contributed by atoms with Gasteiger partial charge in [-0.15, -0.1) is 11.3 Å².